The molecule has 23 heavy (non-hydrogen) atoms. The Bertz CT molecular complexity index is 768. The molecule has 0 spiro atoms. The normalized spacial score (nSPS) is 11.4. The standard InChI is InChI=1S/C18H21NO3S/c1-14(2)12-19-18(20)17-11-7-6-8-15(17)13-23(21,22)16-9-4-3-5-10-16/h3-11,14H,12-13H2,1-2H3,(H,19,20). The summed E-state index contributed by atoms with van der Waals surface area (Å²) in [5.74, 6) is -0.0980. The fourth-order valence-electron chi connectivity index (χ4n) is 2.18. The number of carbonyl (C=O) groups is 1. The van der Waals surface area contributed by atoms with Crippen LogP contribution in [-0.2, 0) is 15.6 Å². The van der Waals surface area contributed by atoms with E-state index in [1.165, 1.54) is 0 Å². The van der Waals surface area contributed by atoms with Crippen LogP contribution in [0.15, 0.2) is 59.5 Å². The van der Waals surface area contributed by atoms with Crippen molar-refractivity contribution >= 4 is 15.7 Å². The first-order valence-electron chi connectivity index (χ1n) is 7.54. The van der Waals surface area contributed by atoms with Crippen LogP contribution in [0.4, 0.5) is 0 Å². The molecule has 0 aromatic heterocycles. The summed E-state index contributed by atoms with van der Waals surface area (Å²) in [7, 11) is -3.48. The highest BCUT2D eigenvalue weighted by molar-refractivity contribution is 7.90. The summed E-state index contributed by atoms with van der Waals surface area (Å²) in [6.45, 7) is 4.57. The number of rotatable bonds is 6. The molecule has 0 bridgehead atoms. The first-order valence-corrected chi connectivity index (χ1v) is 9.19. The fraction of sp³-hybridized carbons (Fsp3) is 0.278. The van der Waals surface area contributed by atoms with Crippen molar-refractivity contribution < 1.29 is 13.2 Å². The number of amides is 1. The van der Waals surface area contributed by atoms with Crippen molar-refractivity contribution in [2.24, 2.45) is 5.92 Å². The number of sulfone groups is 1. The molecule has 0 aliphatic rings. The van der Waals surface area contributed by atoms with E-state index < -0.39 is 9.84 Å². The lowest BCUT2D eigenvalue weighted by Gasteiger charge is -2.12. The van der Waals surface area contributed by atoms with Crippen LogP contribution in [0.3, 0.4) is 0 Å². The van der Waals surface area contributed by atoms with Crippen molar-refractivity contribution in [1.82, 2.24) is 5.32 Å². The lowest BCUT2D eigenvalue weighted by atomic mass is 10.1. The number of carbonyl (C=O) groups excluding carboxylic acids is 1. The molecule has 0 aliphatic carbocycles. The first kappa shape index (κ1) is 17.2. The van der Waals surface area contributed by atoms with Gasteiger partial charge in [0.2, 0.25) is 0 Å². The van der Waals surface area contributed by atoms with E-state index >= 15 is 0 Å². The molecule has 122 valence electrons. The van der Waals surface area contributed by atoms with Gasteiger partial charge in [-0.15, -0.1) is 0 Å². The van der Waals surface area contributed by atoms with Crippen LogP contribution in [0.5, 0.6) is 0 Å². The van der Waals surface area contributed by atoms with Gasteiger partial charge in [-0.1, -0.05) is 50.2 Å². The third kappa shape index (κ3) is 4.66. The third-order valence-electron chi connectivity index (χ3n) is 3.38. The minimum atomic E-state index is -3.48. The van der Waals surface area contributed by atoms with Gasteiger partial charge in [0.25, 0.3) is 5.91 Å². The lowest BCUT2D eigenvalue weighted by molar-refractivity contribution is 0.0948. The van der Waals surface area contributed by atoms with E-state index in [0.29, 0.717) is 23.6 Å². The van der Waals surface area contributed by atoms with E-state index in [2.05, 4.69) is 5.32 Å². The number of nitrogens with one attached hydrogen (secondary N) is 1. The average Bonchev–Trinajstić information content (AvgIpc) is 2.53. The summed E-state index contributed by atoms with van der Waals surface area (Å²) >= 11 is 0. The molecule has 1 amide bonds. The van der Waals surface area contributed by atoms with Gasteiger partial charge in [0.05, 0.1) is 10.6 Å². The van der Waals surface area contributed by atoms with Crippen molar-refractivity contribution in [3.05, 3.63) is 65.7 Å². The highest BCUT2D eigenvalue weighted by Crippen LogP contribution is 2.19. The van der Waals surface area contributed by atoms with Crippen LogP contribution in [0.1, 0.15) is 29.8 Å². The van der Waals surface area contributed by atoms with Gasteiger partial charge in [-0.05, 0) is 29.7 Å². The van der Waals surface area contributed by atoms with Gasteiger partial charge >= 0.3 is 0 Å². The van der Waals surface area contributed by atoms with E-state index in [4.69, 9.17) is 0 Å². The molecular weight excluding hydrogens is 310 g/mol. The maximum atomic E-state index is 12.5. The van der Waals surface area contributed by atoms with Crippen molar-refractivity contribution in [3.63, 3.8) is 0 Å². The SMILES string of the molecule is CC(C)CNC(=O)c1ccccc1CS(=O)(=O)c1ccccc1. The molecule has 2 rings (SSSR count). The average molecular weight is 331 g/mol. The Labute approximate surface area is 137 Å². The Balaban J connectivity index is 2.26. The first-order chi connectivity index (χ1) is 10.9. The summed E-state index contributed by atoms with van der Waals surface area (Å²) in [5, 5.41) is 2.83. The monoisotopic (exact) mass is 331 g/mol. The third-order valence-corrected chi connectivity index (χ3v) is 5.06. The minimum absolute atomic E-state index is 0.192. The molecule has 2 aromatic carbocycles. The van der Waals surface area contributed by atoms with Crippen LogP contribution in [-0.4, -0.2) is 20.9 Å². The minimum Gasteiger partial charge on any atom is -0.352 e. The van der Waals surface area contributed by atoms with Gasteiger partial charge in [-0.2, -0.15) is 0 Å². The van der Waals surface area contributed by atoms with Gasteiger partial charge in [-0.25, -0.2) is 8.42 Å². The summed E-state index contributed by atoms with van der Waals surface area (Å²) in [6, 6.07) is 15.1. The molecule has 0 heterocycles. The van der Waals surface area contributed by atoms with E-state index in [1.54, 1.807) is 54.6 Å². The smallest absolute Gasteiger partial charge is 0.251 e. The van der Waals surface area contributed by atoms with E-state index in [0.717, 1.165) is 0 Å². The largest absolute Gasteiger partial charge is 0.352 e. The Morgan fingerprint density at radius 2 is 1.61 bits per heavy atom. The van der Waals surface area contributed by atoms with E-state index in [9.17, 15) is 13.2 Å². The summed E-state index contributed by atoms with van der Waals surface area (Å²) < 4.78 is 25.0. The second kappa shape index (κ2) is 7.42. The zero-order valence-corrected chi connectivity index (χ0v) is 14.1. The maximum absolute atomic E-state index is 12.5. The van der Waals surface area contributed by atoms with Gasteiger partial charge in [-0.3, -0.25) is 4.79 Å². The predicted molar refractivity (Wildman–Crippen MR) is 90.9 cm³/mol. The highest BCUT2D eigenvalue weighted by atomic mass is 32.2. The number of hydrogen-bond acceptors (Lipinski definition) is 3. The van der Waals surface area contributed by atoms with Gasteiger partial charge in [0.1, 0.15) is 0 Å². The van der Waals surface area contributed by atoms with Crippen LogP contribution in [0.25, 0.3) is 0 Å². The zero-order valence-electron chi connectivity index (χ0n) is 13.3. The Morgan fingerprint density at radius 1 is 1.00 bits per heavy atom. The van der Waals surface area contributed by atoms with Gasteiger partial charge in [0.15, 0.2) is 9.84 Å². The molecule has 4 nitrogen and oxygen atoms in total. The summed E-state index contributed by atoms with van der Waals surface area (Å²) in [5.41, 5.74) is 0.922. The van der Waals surface area contributed by atoms with Crippen molar-refractivity contribution in [3.8, 4) is 0 Å². The van der Waals surface area contributed by atoms with E-state index in [1.807, 2.05) is 13.8 Å². The molecule has 1 N–H and O–H groups in total. The Morgan fingerprint density at radius 3 is 2.26 bits per heavy atom. The molecule has 0 fully saturated rings. The summed E-state index contributed by atoms with van der Waals surface area (Å²) in [4.78, 5) is 12.5. The fourth-order valence-corrected chi connectivity index (χ4v) is 3.58. The quantitative estimate of drug-likeness (QED) is 0.885. The van der Waals surface area contributed by atoms with Gasteiger partial charge in [0, 0.05) is 12.1 Å². The predicted octanol–water partition coefficient (Wildman–Crippen LogP) is 3.05. The second-order valence-electron chi connectivity index (χ2n) is 5.83. The highest BCUT2D eigenvalue weighted by Gasteiger charge is 2.19. The number of benzene rings is 2. The van der Waals surface area contributed by atoms with E-state index in [-0.39, 0.29) is 16.6 Å². The Kier molecular flexibility index (Phi) is 5.55. The van der Waals surface area contributed by atoms with Crippen LogP contribution in [0.2, 0.25) is 0 Å². The van der Waals surface area contributed by atoms with Gasteiger partial charge < -0.3 is 5.32 Å². The molecule has 2 aromatic rings. The van der Waals surface area contributed by atoms with Crippen molar-refractivity contribution in [2.75, 3.05) is 6.54 Å². The molecule has 5 heteroatoms. The molecule has 0 aliphatic heterocycles. The Hall–Kier alpha value is -2.14. The van der Waals surface area contributed by atoms with Crippen molar-refractivity contribution in [1.29, 1.82) is 0 Å². The van der Waals surface area contributed by atoms with Crippen molar-refractivity contribution in [2.45, 2.75) is 24.5 Å². The molecule has 0 atom stereocenters. The maximum Gasteiger partial charge on any atom is 0.251 e. The molecule has 0 saturated carbocycles. The molecule has 0 radical (unpaired) electrons. The van der Waals surface area contributed by atoms with Crippen LogP contribution >= 0.6 is 0 Å². The molecule has 0 saturated heterocycles. The zero-order chi connectivity index (χ0) is 16.9. The summed E-state index contributed by atoms with van der Waals surface area (Å²) in [6.07, 6.45) is 0. The molecule has 0 unspecified atom stereocenters. The topological polar surface area (TPSA) is 63.2 Å². The second-order valence-corrected chi connectivity index (χ2v) is 7.82. The van der Waals surface area contributed by atoms with Crippen LogP contribution < -0.4 is 5.32 Å². The lowest BCUT2D eigenvalue weighted by Crippen LogP contribution is -2.28. The number of hydrogen-bond donors (Lipinski definition) is 1. The van der Waals surface area contributed by atoms with Crippen LogP contribution in [0, 0.1) is 5.92 Å². The molecular formula is C18H21NO3S.